The summed E-state index contributed by atoms with van der Waals surface area (Å²) in [6.07, 6.45) is 1.75. The lowest BCUT2D eigenvalue weighted by molar-refractivity contribution is 0.0919. The lowest BCUT2D eigenvalue weighted by Crippen LogP contribution is -2.40. The van der Waals surface area contributed by atoms with E-state index in [2.05, 4.69) is 24.3 Å². The van der Waals surface area contributed by atoms with Crippen molar-refractivity contribution in [2.24, 2.45) is 0 Å². The van der Waals surface area contributed by atoms with Crippen LogP contribution >= 0.6 is 0 Å². The summed E-state index contributed by atoms with van der Waals surface area (Å²) in [5.74, 6) is -0.426. The van der Waals surface area contributed by atoms with Crippen molar-refractivity contribution >= 4 is 5.91 Å². The Morgan fingerprint density at radius 2 is 1.72 bits per heavy atom. The summed E-state index contributed by atoms with van der Waals surface area (Å²) in [6.45, 7) is 11.7. The van der Waals surface area contributed by atoms with Gasteiger partial charge >= 0.3 is 0 Å². The SMILES string of the molecule is Cc1ccc(-c2cc(C(=O)NC(C)(C)C)cc(-c3ccnn3C(C)C)c2)cc1F. The van der Waals surface area contributed by atoms with Gasteiger partial charge in [0.25, 0.3) is 5.91 Å². The van der Waals surface area contributed by atoms with Gasteiger partial charge in [-0.1, -0.05) is 12.1 Å². The smallest absolute Gasteiger partial charge is 0.251 e. The van der Waals surface area contributed by atoms with E-state index in [-0.39, 0.29) is 23.3 Å². The van der Waals surface area contributed by atoms with Crippen LogP contribution in [0.3, 0.4) is 0 Å². The van der Waals surface area contributed by atoms with Crippen molar-refractivity contribution in [1.82, 2.24) is 15.1 Å². The highest BCUT2D eigenvalue weighted by Crippen LogP contribution is 2.30. The first-order valence-electron chi connectivity index (χ1n) is 9.83. The first kappa shape index (κ1) is 20.8. The molecule has 0 fully saturated rings. The van der Waals surface area contributed by atoms with Crippen molar-refractivity contribution in [3.63, 3.8) is 0 Å². The molecule has 0 saturated heterocycles. The van der Waals surface area contributed by atoms with Gasteiger partial charge in [-0.3, -0.25) is 9.48 Å². The van der Waals surface area contributed by atoms with E-state index in [0.29, 0.717) is 11.1 Å². The van der Waals surface area contributed by atoms with E-state index in [4.69, 9.17) is 0 Å². The predicted octanol–water partition coefficient (Wildman–Crippen LogP) is 5.77. The fraction of sp³-hybridized carbons (Fsp3) is 0.333. The maximum atomic E-state index is 14.2. The van der Waals surface area contributed by atoms with E-state index in [1.807, 2.05) is 55.8 Å². The number of aryl methyl sites for hydroxylation is 1. The Bertz CT molecular complexity index is 1040. The van der Waals surface area contributed by atoms with Crippen LogP contribution in [0.4, 0.5) is 4.39 Å². The molecule has 1 aromatic heterocycles. The van der Waals surface area contributed by atoms with Crippen molar-refractivity contribution < 1.29 is 9.18 Å². The standard InChI is InChI=1S/C24H28FN3O/c1-15(2)28-22(9-10-26-28)19-11-18(17-8-7-16(3)21(25)14-17)12-20(13-19)23(29)27-24(4,5)6/h7-15H,1-6H3,(H,27,29). The van der Waals surface area contributed by atoms with Crippen LogP contribution in [-0.4, -0.2) is 21.2 Å². The number of carbonyl (C=O) groups excluding carboxylic acids is 1. The maximum absolute atomic E-state index is 14.2. The van der Waals surface area contributed by atoms with Gasteiger partial charge in [-0.05, 0) is 88.6 Å². The highest BCUT2D eigenvalue weighted by molar-refractivity contribution is 5.97. The molecule has 0 bridgehead atoms. The second kappa shape index (κ2) is 7.82. The Morgan fingerprint density at radius 1 is 1.03 bits per heavy atom. The lowest BCUT2D eigenvalue weighted by atomic mass is 9.96. The molecule has 3 rings (SSSR count). The number of benzene rings is 2. The van der Waals surface area contributed by atoms with Crippen molar-refractivity contribution in [3.05, 3.63) is 65.6 Å². The first-order valence-corrected chi connectivity index (χ1v) is 9.83. The van der Waals surface area contributed by atoms with E-state index >= 15 is 0 Å². The molecule has 0 aliphatic rings. The normalized spacial score (nSPS) is 11.7. The Morgan fingerprint density at radius 3 is 2.34 bits per heavy atom. The Labute approximate surface area is 171 Å². The minimum atomic E-state index is -0.358. The van der Waals surface area contributed by atoms with Crippen molar-refractivity contribution in [1.29, 1.82) is 0 Å². The number of carbonyl (C=O) groups is 1. The Hall–Kier alpha value is -2.95. The summed E-state index contributed by atoms with van der Waals surface area (Å²) < 4.78 is 16.1. The summed E-state index contributed by atoms with van der Waals surface area (Å²) in [6, 6.07) is 12.9. The zero-order valence-corrected chi connectivity index (χ0v) is 17.9. The third-order valence-corrected chi connectivity index (χ3v) is 4.64. The van der Waals surface area contributed by atoms with Crippen molar-refractivity contribution in [3.8, 4) is 22.4 Å². The second-order valence-electron chi connectivity index (χ2n) is 8.72. The second-order valence-corrected chi connectivity index (χ2v) is 8.72. The van der Waals surface area contributed by atoms with E-state index < -0.39 is 0 Å². The zero-order valence-electron chi connectivity index (χ0n) is 17.9. The number of nitrogens with one attached hydrogen (secondary N) is 1. The summed E-state index contributed by atoms with van der Waals surface area (Å²) in [4.78, 5) is 12.9. The molecular formula is C24H28FN3O. The summed E-state index contributed by atoms with van der Waals surface area (Å²) in [5, 5.41) is 7.42. The summed E-state index contributed by atoms with van der Waals surface area (Å²) in [5.41, 5.74) is 4.07. The van der Waals surface area contributed by atoms with Gasteiger partial charge < -0.3 is 5.32 Å². The van der Waals surface area contributed by atoms with Crippen LogP contribution in [0.5, 0.6) is 0 Å². The number of halogens is 1. The average Bonchev–Trinajstić information content (AvgIpc) is 3.12. The third-order valence-electron chi connectivity index (χ3n) is 4.64. The molecule has 0 aliphatic carbocycles. The number of hydrogen-bond donors (Lipinski definition) is 1. The highest BCUT2D eigenvalue weighted by atomic mass is 19.1. The fourth-order valence-corrected chi connectivity index (χ4v) is 3.21. The predicted molar refractivity (Wildman–Crippen MR) is 115 cm³/mol. The molecular weight excluding hydrogens is 365 g/mol. The molecule has 2 aromatic carbocycles. The summed E-state index contributed by atoms with van der Waals surface area (Å²) in [7, 11) is 0. The Balaban J connectivity index is 2.17. The quantitative estimate of drug-likeness (QED) is 0.611. The molecule has 0 spiro atoms. The van der Waals surface area contributed by atoms with Crippen LogP contribution in [0.2, 0.25) is 0 Å². The van der Waals surface area contributed by atoms with E-state index in [1.165, 1.54) is 6.07 Å². The van der Waals surface area contributed by atoms with Crippen LogP contribution < -0.4 is 5.32 Å². The third kappa shape index (κ3) is 4.73. The first-order chi connectivity index (χ1) is 13.5. The van der Waals surface area contributed by atoms with Gasteiger partial charge in [-0.15, -0.1) is 0 Å². The minimum absolute atomic E-state index is 0.163. The van der Waals surface area contributed by atoms with Gasteiger partial charge in [-0.25, -0.2) is 4.39 Å². The molecule has 4 nitrogen and oxygen atoms in total. The van der Waals surface area contributed by atoms with Crippen LogP contribution in [0, 0.1) is 12.7 Å². The number of nitrogens with zero attached hydrogens (tertiary/aromatic N) is 2. The van der Waals surface area contributed by atoms with Gasteiger partial charge in [-0.2, -0.15) is 5.10 Å². The monoisotopic (exact) mass is 393 g/mol. The molecule has 0 saturated carbocycles. The molecule has 3 aromatic rings. The van der Waals surface area contributed by atoms with Crippen LogP contribution in [0.1, 0.15) is 56.6 Å². The molecule has 0 aliphatic heterocycles. The van der Waals surface area contributed by atoms with Crippen molar-refractivity contribution in [2.75, 3.05) is 0 Å². The van der Waals surface area contributed by atoms with E-state index in [9.17, 15) is 9.18 Å². The number of rotatable bonds is 4. The molecule has 1 amide bonds. The molecule has 0 atom stereocenters. The number of amides is 1. The maximum Gasteiger partial charge on any atom is 0.251 e. The minimum Gasteiger partial charge on any atom is -0.347 e. The molecule has 0 radical (unpaired) electrons. The molecule has 1 heterocycles. The van der Waals surface area contributed by atoms with Crippen LogP contribution in [0.15, 0.2) is 48.7 Å². The van der Waals surface area contributed by atoms with E-state index in [0.717, 1.165) is 22.4 Å². The molecule has 5 heteroatoms. The van der Waals surface area contributed by atoms with Gasteiger partial charge in [0, 0.05) is 28.9 Å². The number of hydrogen-bond acceptors (Lipinski definition) is 2. The van der Waals surface area contributed by atoms with Gasteiger partial charge in [0.1, 0.15) is 5.82 Å². The van der Waals surface area contributed by atoms with Gasteiger partial charge in [0.15, 0.2) is 0 Å². The molecule has 0 unspecified atom stereocenters. The zero-order chi connectivity index (χ0) is 21.3. The van der Waals surface area contributed by atoms with Gasteiger partial charge in [0.05, 0.1) is 5.69 Å². The average molecular weight is 394 g/mol. The summed E-state index contributed by atoms with van der Waals surface area (Å²) >= 11 is 0. The fourth-order valence-electron chi connectivity index (χ4n) is 3.21. The van der Waals surface area contributed by atoms with Crippen LogP contribution in [-0.2, 0) is 0 Å². The van der Waals surface area contributed by atoms with Crippen molar-refractivity contribution in [2.45, 2.75) is 53.1 Å². The lowest BCUT2D eigenvalue weighted by Gasteiger charge is -2.21. The molecule has 29 heavy (non-hydrogen) atoms. The van der Waals surface area contributed by atoms with E-state index in [1.54, 1.807) is 19.2 Å². The molecule has 1 N–H and O–H groups in total. The molecule has 152 valence electrons. The Kier molecular flexibility index (Phi) is 5.60. The van der Waals surface area contributed by atoms with Crippen LogP contribution in [0.25, 0.3) is 22.4 Å². The van der Waals surface area contributed by atoms with Gasteiger partial charge in [0.2, 0.25) is 0 Å². The largest absolute Gasteiger partial charge is 0.347 e. The topological polar surface area (TPSA) is 46.9 Å². The number of aromatic nitrogens is 2. The highest BCUT2D eigenvalue weighted by Gasteiger charge is 2.18.